The monoisotopic (exact) mass is 398 g/mol. The third-order valence-corrected chi connectivity index (χ3v) is 5.04. The van der Waals surface area contributed by atoms with Gasteiger partial charge in [-0.1, -0.05) is 11.6 Å². The van der Waals surface area contributed by atoms with Crippen LogP contribution in [0.5, 0.6) is 5.75 Å². The maximum atomic E-state index is 13.4. The second-order valence-electron chi connectivity index (χ2n) is 8.37. The molecule has 2 fully saturated rings. The van der Waals surface area contributed by atoms with E-state index in [4.69, 9.17) is 21.1 Å². The third-order valence-electron chi connectivity index (χ3n) is 4.74. The lowest BCUT2D eigenvalue weighted by Gasteiger charge is -2.58. The molecule has 0 atom stereocenters. The number of halogens is 2. The Hall–Kier alpha value is -2.02. The molecule has 1 aromatic carbocycles. The molecule has 2 aliphatic rings. The average molecular weight is 399 g/mol. The van der Waals surface area contributed by atoms with Crippen molar-refractivity contribution in [1.29, 1.82) is 0 Å². The molecule has 8 heteroatoms. The number of rotatable bonds is 4. The number of carbonyl (C=O) groups is 2. The highest BCUT2D eigenvalue weighted by Gasteiger charge is 2.54. The van der Waals surface area contributed by atoms with E-state index in [-0.39, 0.29) is 34.7 Å². The lowest BCUT2D eigenvalue weighted by atomic mass is 9.60. The van der Waals surface area contributed by atoms with Crippen LogP contribution in [0.15, 0.2) is 18.2 Å². The Balaban J connectivity index is 1.37. The van der Waals surface area contributed by atoms with Gasteiger partial charge in [-0.25, -0.2) is 9.18 Å². The fourth-order valence-corrected chi connectivity index (χ4v) is 3.68. The summed E-state index contributed by atoms with van der Waals surface area (Å²) in [6.07, 6.45) is 1.26. The summed E-state index contributed by atoms with van der Waals surface area (Å²) in [4.78, 5) is 25.7. The van der Waals surface area contributed by atoms with Crippen LogP contribution in [0, 0.1) is 11.2 Å². The zero-order valence-corrected chi connectivity index (χ0v) is 16.4. The molecular weight excluding hydrogens is 375 g/mol. The molecule has 1 heterocycles. The summed E-state index contributed by atoms with van der Waals surface area (Å²) in [7, 11) is 0. The number of alkyl carbamates (subject to hydrolysis) is 1. The quantitative estimate of drug-likeness (QED) is 0.844. The molecule has 1 spiro atoms. The average Bonchev–Trinajstić information content (AvgIpc) is 2.47. The Labute approximate surface area is 162 Å². The lowest BCUT2D eigenvalue weighted by molar-refractivity contribution is -0.154. The number of carbonyl (C=O) groups excluding carboxylic acids is 2. The number of hydrogen-bond acceptors (Lipinski definition) is 4. The lowest BCUT2D eigenvalue weighted by Crippen LogP contribution is -2.68. The van der Waals surface area contributed by atoms with Crippen molar-refractivity contribution in [2.24, 2.45) is 5.41 Å². The summed E-state index contributed by atoms with van der Waals surface area (Å²) < 4.78 is 24.0. The van der Waals surface area contributed by atoms with Crippen molar-refractivity contribution in [1.82, 2.24) is 10.2 Å². The minimum absolute atomic E-state index is 0.0119. The van der Waals surface area contributed by atoms with Crippen LogP contribution in [0.4, 0.5) is 9.18 Å². The normalized spacial score (nSPS) is 18.5. The van der Waals surface area contributed by atoms with E-state index < -0.39 is 17.5 Å². The Kier molecular flexibility index (Phi) is 5.25. The molecule has 1 aliphatic heterocycles. The van der Waals surface area contributed by atoms with Crippen molar-refractivity contribution < 1.29 is 23.5 Å². The Morgan fingerprint density at radius 1 is 1.33 bits per heavy atom. The minimum Gasteiger partial charge on any atom is -0.484 e. The summed E-state index contributed by atoms with van der Waals surface area (Å²) in [5, 5.41) is 2.87. The Bertz CT molecular complexity index is 736. The fourth-order valence-electron chi connectivity index (χ4n) is 3.56. The van der Waals surface area contributed by atoms with Crippen LogP contribution in [-0.4, -0.2) is 48.2 Å². The number of amides is 2. The smallest absolute Gasteiger partial charge is 0.407 e. The summed E-state index contributed by atoms with van der Waals surface area (Å²) in [5.74, 6) is -0.451. The first kappa shape index (κ1) is 19.7. The van der Waals surface area contributed by atoms with E-state index >= 15 is 0 Å². The van der Waals surface area contributed by atoms with Gasteiger partial charge in [0.1, 0.15) is 17.2 Å². The van der Waals surface area contributed by atoms with Crippen LogP contribution >= 0.6 is 11.6 Å². The van der Waals surface area contributed by atoms with Gasteiger partial charge >= 0.3 is 6.09 Å². The van der Waals surface area contributed by atoms with Crippen LogP contribution in [0.3, 0.4) is 0 Å². The molecule has 148 valence electrons. The van der Waals surface area contributed by atoms with E-state index in [1.807, 2.05) is 20.8 Å². The number of likely N-dealkylation sites (tertiary alicyclic amines) is 1. The molecule has 0 radical (unpaired) electrons. The van der Waals surface area contributed by atoms with Crippen LogP contribution in [0.25, 0.3) is 0 Å². The van der Waals surface area contributed by atoms with Gasteiger partial charge in [0.05, 0.1) is 5.02 Å². The topological polar surface area (TPSA) is 67.9 Å². The molecule has 0 unspecified atom stereocenters. The molecule has 1 N–H and O–H groups in total. The largest absolute Gasteiger partial charge is 0.484 e. The zero-order valence-electron chi connectivity index (χ0n) is 15.7. The second-order valence-corrected chi connectivity index (χ2v) is 8.77. The fraction of sp³-hybridized carbons (Fsp3) is 0.579. The Morgan fingerprint density at radius 3 is 2.59 bits per heavy atom. The first-order chi connectivity index (χ1) is 12.6. The molecule has 3 rings (SSSR count). The molecule has 1 saturated carbocycles. The summed E-state index contributed by atoms with van der Waals surface area (Å²) in [6.45, 7) is 6.63. The first-order valence-corrected chi connectivity index (χ1v) is 9.28. The van der Waals surface area contributed by atoms with E-state index in [0.29, 0.717) is 13.1 Å². The van der Waals surface area contributed by atoms with Crippen molar-refractivity contribution >= 4 is 23.6 Å². The van der Waals surface area contributed by atoms with Gasteiger partial charge in [0, 0.05) is 30.6 Å². The molecule has 27 heavy (non-hydrogen) atoms. The van der Waals surface area contributed by atoms with Gasteiger partial charge in [0.2, 0.25) is 0 Å². The highest BCUT2D eigenvalue weighted by atomic mass is 35.5. The van der Waals surface area contributed by atoms with Crippen LogP contribution in [-0.2, 0) is 9.53 Å². The van der Waals surface area contributed by atoms with Crippen LogP contribution < -0.4 is 10.1 Å². The predicted octanol–water partition coefficient (Wildman–Crippen LogP) is 3.37. The summed E-state index contributed by atoms with van der Waals surface area (Å²) in [5.41, 5.74) is -0.431. The number of benzene rings is 1. The first-order valence-electron chi connectivity index (χ1n) is 8.90. The highest BCUT2D eigenvalue weighted by molar-refractivity contribution is 6.30. The maximum Gasteiger partial charge on any atom is 0.407 e. The number of hydrogen-bond donors (Lipinski definition) is 1. The zero-order chi connectivity index (χ0) is 19.8. The maximum absolute atomic E-state index is 13.4. The van der Waals surface area contributed by atoms with E-state index in [0.717, 1.165) is 18.9 Å². The van der Waals surface area contributed by atoms with Gasteiger partial charge in [0.25, 0.3) is 5.91 Å². The van der Waals surface area contributed by atoms with Crippen molar-refractivity contribution in [3.63, 3.8) is 0 Å². The Morgan fingerprint density at radius 2 is 2.00 bits per heavy atom. The van der Waals surface area contributed by atoms with E-state index in [9.17, 15) is 14.0 Å². The number of ether oxygens (including phenoxy) is 2. The van der Waals surface area contributed by atoms with Crippen LogP contribution in [0.1, 0.15) is 33.6 Å². The van der Waals surface area contributed by atoms with Crippen molar-refractivity contribution in [3.8, 4) is 5.75 Å². The predicted molar refractivity (Wildman–Crippen MR) is 98.3 cm³/mol. The summed E-state index contributed by atoms with van der Waals surface area (Å²) >= 11 is 5.61. The molecule has 1 aromatic rings. The van der Waals surface area contributed by atoms with Gasteiger partial charge in [-0.15, -0.1) is 0 Å². The van der Waals surface area contributed by atoms with Gasteiger partial charge in [-0.3, -0.25) is 4.79 Å². The standard InChI is InChI=1S/C19H24ClFN2O4/c1-18(2,3)27-17(25)22-12-7-19(8-12)10-23(11-19)16(24)9-26-13-4-5-14(20)15(21)6-13/h4-6,12H,7-11H2,1-3H3,(H,22,25). The SMILES string of the molecule is CC(C)(C)OC(=O)NC1CC2(C1)CN(C(=O)COc1ccc(Cl)c(F)c1)C2. The van der Waals surface area contributed by atoms with Gasteiger partial charge in [-0.05, 0) is 45.7 Å². The van der Waals surface area contributed by atoms with E-state index in [1.165, 1.54) is 12.1 Å². The molecule has 1 aliphatic carbocycles. The van der Waals surface area contributed by atoms with Crippen molar-refractivity contribution in [2.45, 2.75) is 45.3 Å². The van der Waals surface area contributed by atoms with Gasteiger partial charge < -0.3 is 19.7 Å². The molecular formula is C19H24ClFN2O4. The van der Waals surface area contributed by atoms with Crippen molar-refractivity contribution in [3.05, 3.63) is 29.0 Å². The van der Waals surface area contributed by atoms with E-state index in [1.54, 1.807) is 4.90 Å². The number of nitrogens with zero attached hydrogens (tertiary/aromatic N) is 1. The molecule has 1 saturated heterocycles. The summed E-state index contributed by atoms with van der Waals surface area (Å²) in [6, 6.07) is 4.16. The number of nitrogens with one attached hydrogen (secondary N) is 1. The molecule has 6 nitrogen and oxygen atoms in total. The van der Waals surface area contributed by atoms with E-state index in [2.05, 4.69) is 5.32 Å². The van der Waals surface area contributed by atoms with Crippen molar-refractivity contribution in [2.75, 3.05) is 19.7 Å². The van der Waals surface area contributed by atoms with Gasteiger partial charge in [-0.2, -0.15) is 0 Å². The molecule has 0 aromatic heterocycles. The van der Waals surface area contributed by atoms with Gasteiger partial charge in [0.15, 0.2) is 6.61 Å². The highest BCUT2D eigenvalue weighted by Crippen LogP contribution is 2.48. The minimum atomic E-state index is -0.581. The molecule has 2 amide bonds. The molecule has 0 bridgehead atoms. The van der Waals surface area contributed by atoms with Crippen LogP contribution in [0.2, 0.25) is 5.02 Å². The third kappa shape index (κ3) is 4.83. The second kappa shape index (κ2) is 7.19.